The second-order valence-corrected chi connectivity index (χ2v) is 3.16. The second-order valence-electron chi connectivity index (χ2n) is 3.16. The summed E-state index contributed by atoms with van der Waals surface area (Å²) in [4.78, 5) is 11.6. The van der Waals surface area contributed by atoms with Gasteiger partial charge in [-0.15, -0.1) is 11.8 Å². The minimum atomic E-state index is -0.453. The maximum atomic E-state index is 12.7. The molecule has 0 saturated carbocycles. The smallest absolute Gasteiger partial charge is 0.253 e. The molecular weight excluding hydrogens is 207 g/mol. The van der Waals surface area contributed by atoms with Crippen LogP contribution >= 0.6 is 0 Å². The van der Waals surface area contributed by atoms with Crippen molar-refractivity contribution in [1.82, 2.24) is 5.32 Å². The Kier molecular flexibility index (Phi) is 4.34. The van der Waals surface area contributed by atoms with E-state index in [0.717, 1.165) is 6.07 Å². The normalized spacial score (nSPS) is 9.12. The van der Waals surface area contributed by atoms with Gasteiger partial charge in [0.2, 0.25) is 0 Å². The fourth-order valence-electron chi connectivity index (χ4n) is 1.20. The van der Waals surface area contributed by atoms with Gasteiger partial charge in [0.05, 0.1) is 5.56 Å². The highest BCUT2D eigenvalue weighted by Crippen LogP contribution is 2.12. The number of amides is 1. The lowest BCUT2D eigenvalue weighted by Crippen LogP contribution is -2.25. The van der Waals surface area contributed by atoms with Crippen LogP contribution in [0.25, 0.3) is 0 Å². The van der Waals surface area contributed by atoms with E-state index < -0.39 is 5.82 Å². The number of carbonyl (C=O) groups excluding carboxylic acids is 1. The Bertz CT molecular complexity index is 446. The Hall–Kier alpha value is -2.02. The Morgan fingerprint density at radius 1 is 1.56 bits per heavy atom. The van der Waals surface area contributed by atoms with Crippen molar-refractivity contribution < 1.29 is 9.18 Å². The van der Waals surface area contributed by atoms with Crippen LogP contribution in [0.4, 0.5) is 10.1 Å². The van der Waals surface area contributed by atoms with Gasteiger partial charge in [-0.05, 0) is 25.1 Å². The van der Waals surface area contributed by atoms with E-state index in [1.807, 2.05) is 0 Å². The summed E-state index contributed by atoms with van der Waals surface area (Å²) >= 11 is 0. The van der Waals surface area contributed by atoms with Crippen LogP contribution in [0.3, 0.4) is 0 Å². The zero-order valence-corrected chi connectivity index (χ0v) is 9.01. The van der Waals surface area contributed by atoms with Gasteiger partial charge in [0, 0.05) is 18.7 Å². The number of nitrogens with two attached hydrogens (primary N) is 1. The van der Waals surface area contributed by atoms with E-state index in [9.17, 15) is 9.18 Å². The van der Waals surface area contributed by atoms with Gasteiger partial charge in [0.15, 0.2) is 0 Å². The number of carbonyl (C=O) groups is 1. The average Bonchev–Trinajstić information content (AvgIpc) is 2.24. The summed E-state index contributed by atoms with van der Waals surface area (Å²) in [6.45, 7) is 2.19. The molecule has 3 nitrogen and oxygen atoms in total. The van der Waals surface area contributed by atoms with Crippen LogP contribution in [-0.4, -0.2) is 12.5 Å². The second kappa shape index (κ2) is 5.76. The molecule has 84 valence electrons. The van der Waals surface area contributed by atoms with E-state index in [-0.39, 0.29) is 17.2 Å². The number of anilines is 1. The molecular formula is C12H13FN2O. The molecule has 0 aromatic heterocycles. The van der Waals surface area contributed by atoms with Crippen molar-refractivity contribution >= 4 is 11.6 Å². The number of hydrogen-bond donors (Lipinski definition) is 2. The zero-order chi connectivity index (χ0) is 12.0. The van der Waals surface area contributed by atoms with Crippen molar-refractivity contribution in [3.05, 3.63) is 29.6 Å². The Balaban J connectivity index is 2.61. The molecule has 3 N–H and O–H groups in total. The van der Waals surface area contributed by atoms with Gasteiger partial charge in [0.1, 0.15) is 5.82 Å². The first kappa shape index (κ1) is 12.1. The van der Waals surface area contributed by atoms with Crippen LogP contribution in [0.2, 0.25) is 0 Å². The summed E-state index contributed by atoms with van der Waals surface area (Å²) in [6.07, 6.45) is 0.587. The highest BCUT2D eigenvalue weighted by Gasteiger charge is 2.08. The Morgan fingerprint density at radius 2 is 2.31 bits per heavy atom. The van der Waals surface area contributed by atoms with E-state index in [0.29, 0.717) is 13.0 Å². The summed E-state index contributed by atoms with van der Waals surface area (Å²) in [5.41, 5.74) is 5.95. The van der Waals surface area contributed by atoms with E-state index >= 15 is 0 Å². The topological polar surface area (TPSA) is 55.1 Å². The van der Waals surface area contributed by atoms with Crippen molar-refractivity contribution in [3.8, 4) is 11.8 Å². The maximum Gasteiger partial charge on any atom is 0.253 e. The number of nitrogen functional groups attached to an aromatic ring is 1. The fraction of sp³-hybridized carbons (Fsp3) is 0.250. The number of benzene rings is 1. The minimum Gasteiger partial charge on any atom is -0.398 e. The highest BCUT2D eigenvalue weighted by molar-refractivity contribution is 5.99. The van der Waals surface area contributed by atoms with E-state index in [2.05, 4.69) is 17.2 Å². The Morgan fingerprint density at radius 3 is 2.94 bits per heavy atom. The lowest BCUT2D eigenvalue weighted by atomic mass is 10.1. The summed E-state index contributed by atoms with van der Waals surface area (Å²) < 4.78 is 12.7. The van der Waals surface area contributed by atoms with Gasteiger partial charge >= 0.3 is 0 Å². The standard InChI is InChI=1S/C12H13FN2O/c1-2-3-4-7-15-12(16)10-6-5-9(13)8-11(10)14/h5-6,8H,4,7,14H2,1H3,(H,15,16). The van der Waals surface area contributed by atoms with Gasteiger partial charge in [-0.25, -0.2) is 4.39 Å². The SMILES string of the molecule is CC#CCCNC(=O)c1ccc(F)cc1N. The summed E-state index contributed by atoms with van der Waals surface area (Å²) in [6, 6.07) is 3.70. The first-order valence-electron chi connectivity index (χ1n) is 4.88. The molecule has 0 aliphatic carbocycles. The van der Waals surface area contributed by atoms with Crippen LogP contribution in [0.5, 0.6) is 0 Å². The molecule has 0 heterocycles. The molecule has 1 aromatic rings. The molecule has 1 aromatic carbocycles. The molecule has 16 heavy (non-hydrogen) atoms. The quantitative estimate of drug-likeness (QED) is 0.461. The highest BCUT2D eigenvalue weighted by atomic mass is 19.1. The third-order valence-electron chi connectivity index (χ3n) is 1.97. The van der Waals surface area contributed by atoms with Crippen molar-refractivity contribution in [2.45, 2.75) is 13.3 Å². The molecule has 0 fully saturated rings. The molecule has 0 aliphatic heterocycles. The van der Waals surface area contributed by atoms with Gasteiger partial charge < -0.3 is 11.1 Å². The van der Waals surface area contributed by atoms with Gasteiger partial charge in [-0.3, -0.25) is 4.79 Å². The van der Waals surface area contributed by atoms with Gasteiger partial charge in [-0.1, -0.05) is 0 Å². The molecule has 0 atom stereocenters. The number of hydrogen-bond acceptors (Lipinski definition) is 2. The van der Waals surface area contributed by atoms with Crippen LogP contribution in [0.1, 0.15) is 23.7 Å². The molecule has 4 heteroatoms. The molecule has 1 rings (SSSR count). The summed E-state index contributed by atoms with van der Waals surface area (Å²) in [5, 5.41) is 2.65. The van der Waals surface area contributed by atoms with E-state index in [1.54, 1.807) is 6.92 Å². The third-order valence-corrected chi connectivity index (χ3v) is 1.97. The maximum absolute atomic E-state index is 12.7. The summed E-state index contributed by atoms with van der Waals surface area (Å²) in [7, 11) is 0. The number of rotatable bonds is 3. The number of halogens is 1. The average molecular weight is 220 g/mol. The first-order chi connectivity index (χ1) is 7.65. The third kappa shape index (κ3) is 3.28. The fourth-order valence-corrected chi connectivity index (χ4v) is 1.20. The zero-order valence-electron chi connectivity index (χ0n) is 9.01. The van der Waals surface area contributed by atoms with Crippen LogP contribution in [0.15, 0.2) is 18.2 Å². The number of nitrogens with one attached hydrogen (secondary N) is 1. The van der Waals surface area contributed by atoms with Crippen LogP contribution in [0, 0.1) is 17.7 Å². The monoisotopic (exact) mass is 220 g/mol. The molecule has 1 amide bonds. The van der Waals surface area contributed by atoms with Crippen LogP contribution < -0.4 is 11.1 Å². The molecule has 0 saturated heterocycles. The van der Waals surface area contributed by atoms with Crippen molar-refractivity contribution in [3.63, 3.8) is 0 Å². The molecule has 0 aliphatic rings. The van der Waals surface area contributed by atoms with Crippen molar-refractivity contribution in [2.75, 3.05) is 12.3 Å². The van der Waals surface area contributed by atoms with Gasteiger partial charge in [-0.2, -0.15) is 0 Å². The lowest BCUT2D eigenvalue weighted by molar-refractivity contribution is 0.0955. The van der Waals surface area contributed by atoms with E-state index in [1.165, 1.54) is 12.1 Å². The van der Waals surface area contributed by atoms with Crippen LogP contribution in [-0.2, 0) is 0 Å². The Labute approximate surface area is 93.8 Å². The predicted octanol–water partition coefficient (Wildman–Crippen LogP) is 1.55. The predicted molar refractivity (Wildman–Crippen MR) is 61.2 cm³/mol. The minimum absolute atomic E-state index is 0.138. The van der Waals surface area contributed by atoms with Crippen molar-refractivity contribution in [2.24, 2.45) is 0 Å². The molecule has 0 radical (unpaired) electrons. The first-order valence-corrected chi connectivity index (χ1v) is 4.88. The molecule has 0 bridgehead atoms. The largest absolute Gasteiger partial charge is 0.398 e. The molecule has 0 spiro atoms. The molecule has 0 unspecified atom stereocenters. The van der Waals surface area contributed by atoms with Gasteiger partial charge in [0.25, 0.3) is 5.91 Å². The van der Waals surface area contributed by atoms with Crippen molar-refractivity contribution in [1.29, 1.82) is 0 Å². The lowest BCUT2D eigenvalue weighted by Gasteiger charge is -2.05. The summed E-state index contributed by atoms with van der Waals surface area (Å²) in [5.74, 6) is 4.78. The van der Waals surface area contributed by atoms with E-state index in [4.69, 9.17) is 5.73 Å².